The summed E-state index contributed by atoms with van der Waals surface area (Å²) < 4.78 is 2.19. The van der Waals surface area contributed by atoms with Crippen LogP contribution in [0, 0.1) is 6.92 Å². The number of likely N-dealkylation sites (N-methyl/N-ethyl adjacent to an activating group) is 1. The van der Waals surface area contributed by atoms with E-state index in [1.165, 1.54) is 0 Å². The summed E-state index contributed by atoms with van der Waals surface area (Å²) in [5.41, 5.74) is 2.12. The molecule has 2 heterocycles. The third kappa shape index (κ3) is 3.43. The molecule has 0 aliphatic carbocycles. The lowest BCUT2D eigenvalue weighted by atomic mass is 10.2. The van der Waals surface area contributed by atoms with E-state index in [2.05, 4.69) is 20.5 Å². The molecule has 0 amide bonds. The third-order valence-electron chi connectivity index (χ3n) is 4.77. The first-order valence-corrected chi connectivity index (χ1v) is 8.20. The fourth-order valence-electron chi connectivity index (χ4n) is 3.51. The predicted octanol–water partition coefficient (Wildman–Crippen LogP) is 0.406. The Balaban J connectivity index is 1.63. The van der Waals surface area contributed by atoms with Gasteiger partial charge in [0.25, 0.3) is 0 Å². The van der Waals surface area contributed by atoms with Crippen molar-refractivity contribution in [3.05, 3.63) is 30.1 Å². The highest BCUT2D eigenvalue weighted by atomic mass is 16.4. The summed E-state index contributed by atoms with van der Waals surface area (Å²) in [6.07, 6.45) is -0.519. The number of nitrogens with zero attached hydrogens (tertiary/aromatic N) is 4. The number of aliphatic hydroxyl groups is 1. The van der Waals surface area contributed by atoms with Crippen molar-refractivity contribution in [1.82, 2.24) is 19.4 Å². The van der Waals surface area contributed by atoms with E-state index < -0.39 is 12.1 Å². The fourth-order valence-corrected chi connectivity index (χ4v) is 3.51. The zero-order valence-electron chi connectivity index (χ0n) is 14.1. The molecule has 0 bridgehead atoms. The average Bonchev–Trinajstić information content (AvgIpc) is 3.04. The number of aliphatic hydroxyl groups excluding tert-OH is 1. The first kappa shape index (κ1) is 16.9. The van der Waals surface area contributed by atoms with Crippen LogP contribution in [0.2, 0.25) is 0 Å². The highest BCUT2D eigenvalue weighted by molar-refractivity contribution is 5.75. The minimum Gasteiger partial charge on any atom is -0.480 e. The second kappa shape index (κ2) is 6.88. The molecule has 1 saturated heterocycles. The van der Waals surface area contributed by atoms with Crippen molar-refractivity contribution < 1.29 is 15.0 Å². The van der Waals surface area contributed by atoms with Crippen LogP contribution < -0.4 is 0 Å². The first-order chi connectivity index (χ1) is 11.5. The molecule has 7 heteroatoms. The molecule has 1 aromatic carbocycles. The van der Waals surface area contributed by atoms with E-state index in [4.69, 9.17) is 5.11 Å². The fraction of sp³-hybridized carbons (Fsp3) is 0.529. The number of aliphatic carboxylic acids is 1. The number of aryl methyl sites for hydroxylation is 1. The van der Waals surface area contributed by atoms with Crippen molar-refractivity contribution in [3.8, 4) is 0 Å². The van der Waals surface area contributed by atoms with Gasteiger partial charge in [-0.1, -0.05) is 12.1 Å². The molecule has 0 radical (unpaired) electrons. The quantitative estimate of drug-likeness (QED) is 0.797. The molecule has 3 rings (SSSR count). The molecule has 130 valence electrons. The molecule has 0 spiro atoms. The number of hydrogen-bond acceptors (Lipinski definition) is 5. The highest BCUT2D eigenvalue weighted by Gasteiger charge is 2.34. The topological polar surface area (TPSA) is 81.8 Å². The maximum Gasteiger partial charge on any atom is 0.317 e. The summed E-state index contributed by atoms with van der Waals surface area (Å²) in [5.74, 6) is 0.110. The maximum atomic E-state index is 10.9. The lowest BCUT2D eigenvalue weighted by Crippen LogP contribution is -2.43. The number of rotatable bonds is 6. The summed E-state index contributed by atoms with van der Waals surface area (Å²) in [4.78, 5) is 19.3. The number of aromatic nitrogens is 2. The molecular formula is C17H24N4O3. The van der Waals surface area contributed by atoms with Gasteiger partial charge in [-0.2, -0.15) is 0 Å². The average molecular weight is 332 g/mol. The van der Waals surface area contributed by atoms with Gasteiger partial charge in [0.15, 0.2) is 0 Å². The number of carbonyl (C=O) groups is 1. The van der Waals surface area contributed by atoms with Crippen molar-refractivity contribution in [2.75, 3.05) is 33.2 Å². The van der Waals surface area contributed by atoms with Gasteiger partial charge in [0.05, 0.1) is 23.7 Å². The third-order valence-corrected chi connectivity index (χ3v) is 4.77. The van der Waals surface area contributed by atoms with E-state index in [1.807, 2.05) is 25.1 Å². The van der Waals surface area contributed by atoms with Gasteiger partial charge < -0.3 is 14.8 Å². The van der Waals surface area contributed by atoms with E-state index in [0.29, 0.717) is 13.1 Å². The molecule has 7 nitrogen and oxygen atoms in total. The molecule has 2 aromatic rings. The standard InChI is InChI=1S/C17H24N4O3/c1-12-18-13-5-3-4-6-14(13)21(12)8-7-20-9-15(16(22)10-20)19(2)11-17(23)24/h3-6,15-16,22H,7-11H2,1-2H3,(H,23,24)/t15?,16-/m1/s1. The van der Waals surface area contributed by atoms with Crippen molar-refractivity contribution in [3.63, 3.8) is 0 Å². The SMILES string of the molecule is Cc1nc2ccccc2n1CCN1CC(N(C)CC(=O)O)[C@H](O)C1. The second-order valence-electron chi connectivity index (χ2n) is 6.50. The van der Waals surface area contributed by atoms with Crippen molar-refractivity contribution in [2.45, 2.75) is 25.6 Å². The zero-order chi connectivity index (χ0) is 17.3. The monoisotopic (exact) mass is 332 g/mol. The lowest BCUT2D eigenvalue weighted by molar-refractivity contribution is -0.138. The minimum atomic E-state index is -0.872. The van der Waals surface area contributed by atoms with E-state index in [0.717, 1.165) is 29.9 Å². The van der Waals surface area contributed by atoms with Crippen molar-refractivity contribution >= 4 is 17.0 Å². The lowest BCUT2D eigenvalue weighted by Gasteiger charge is -2.24. The smallest absolute Gasteiger partial charge is 0.317 e. The Morgan fingerprint density at radius 3 is 2.83 bits per heavy atom. The van der Waals surface area contributed by atoms with Crippen LogP contribution in [0.3, 0.4) is 0 Å². The number of benzene rings is 1. The summed E-state index contributed by atoms with van der Waals surface area (Å²) in [6, 6.07) is 7.93. The van der Waals surface area contributed by atoms with Crippen molar-refractivity contribution in [1.29, 1.82) is 0 Å². The Labute approximate surface area is 141 Å². The molecule has 1 aliphatic heterocycles. The summed E-state index contributed by atoms with van der Waals surface area (Å²) in [6.45, 7) is 4.80. The Hall–Kier alpha value is -1.96. The molecule has 1 aliphatic rings. The number of para-hydroxylation sites is 2. The number of fused-ring (bicyclic) bond motifs is 1. The van der Waals surface area contributed by atoms with Crippen LogP contribution in [0.5, 0.6) is 0 Å². The van der Waals surface area contributed by atoms with Gasteiger partial charge in [0, 0.05) is 32.2 Å². The van der Waals surface area contributed by atoms with E-state index in [-0.39, 0.29) is 12.6 Å². The number of likely N-dealkylation sites (tertiary alicyclic amines) is 1. The molecule has 24 heavy (non-hydrogen) atoms. The van der Waals surface area contributed by atoms with Gasteiger partial charge in [0.2, 0.25) is 0 Å². The number of imidazole rings is 1. The van der Waals surface area contributed by atoms with Gasteiger partial charge in [-0.05, 0) is 26.1 Å². The van der Waals surface area contributed by atoms with Crippen LogP contribution in [-0.4, -0.2) is 80.9 Å². The highest BCUT2D eigenvalue weighted by Crippen LogP contribution is 2.18. The van der Waals surface area contributed by atoms with Crippen LogP contribution in [0.4, 0.5) is 0 Å². The van der Waals surface area contributed by atoms with Gasteiger partial charge in [0.1, 0.15) is 5.82 Å². The van der Waals surface area contributed by atoms with Crippen LogP contribution in [0.25, 0.3) is 11.0 Å². The van der Waals surface area contributed by atoms with Gasteiger partial charge in [-0.15, -0.1) is 0 Å². The number of β-amino-alcohol motifs (C(OH)–C–C–N with tert-alkyl or cyclic N) is 1. The second-order valence-corrected chi connectivity index (χ2v) is 6.50. The van der Waals surface area contributed by atoms with Crippen LogP contribution in [-0.2, 0) is 11.3 Å². The normalized spacial score (nSPS) is 21.8. The summed E-state index contributed by atoms with van der Waals surface area (Å²) >= 11 is 0. The zero-order valence-corrected chi connectivity index (χ0v) is 14.1. The predicted molar refractivity (Wildman–Crippen MR) is 91.0 cm³/mol. The summed E-state index contributed by atoms with van der Waals surface area (Å²) in [7, 11) is 1.75. The number of carboxylic acids is 1. The van der Waals surface area contributed by atoms with Gasteiger partial charge in [-0.25, -0.2) is 4.98 Å². The van der Waals surface area contributed by atoms with Crippen LogP contribution >= 0.6 is 0 Å². The molecular weight excluding hydrogens is 308 g/mol. The molecule has 1 aromatic heterocycles. The van der Waals surface area contributed by atoms with E-state index in [9.17, 15) is 9.90 Å². The Bertz CT molecular complexity index is 730. The Kier molecular flexibility index (Phi) is 4.84. The van der Waals surface area contributed by atoms with E-state index >= 15 is 0 Å². The molecule has 1 fully saturated rings. The first-order valence-electron chi connectivity index (χ1n) is 8.20. The van der Waals surface area contributed by atoms with Crippen molar-refractivity contribution in [2.24, 2.45) is 0 Å². The molecule has 1 unspecified atom stereocenters. The van der Waals surface area contributed by atoms with Gasteiger partial charge >= 0.3 is 5.97 Å². The number of hydrogen-bond donors (Lipinski definition) is 2. The maximum absolute atomic E-state index is 10.9. The molecule has 2 N–H and O–H groups in total. The minimum absolute atomic E-state index is 0.0547. The van der Waals surface area contributed by atoms with E-state index in [1.54, 1.807) is 11.9 Å². The largest absolute Gasteiger partial charge is 0.480 e. The Morgan fingerprint density at radius 2 is 2.08 bits per heavy atom. The Morgan fingerprint density at radius 1 is 1.33 bits per heavy atom. The van der Waals surface area contributed by atoms with Gasteiger partial charge in [-0.3, -0.25) is 14.6 Å². The van der Waals surface area contributed by atoms with Crippen LogP contribution in [0.1, 0.15) is 5.82 Å². The summed E-state index contributed by atoms with van der Waals surface area (Å²) in [5, 5.41) is 19.1. The molecule has 2 atom stereocenters. The number of carboxylic acid groups (broad SMARTS) is 1. The van der Waals surface area contributed by atoms with Crippen LogP contribution in [0.15, 0.2) is 24.3 Å². The molecule has 0 saturated carbocycles.